The van der Waals surface area contributed by atoms with Gasteiger partial charge < -0.3 is 5.11 Å². The summed E-state index contributed by atoms with van der Waals surface area (Å²) >= 11 is 0. The van der Waals surface area contributed by atoms with Crippen molar-refractivity contribution >= 4 is 5.97 Å². The Kier molecular flexibility index (Phi) is 4.48. The quantitative estimate of drug-likeness (QED) is 0.876. The average Bonchev–Trinajstić information content (AvgIpc) is 2.41. The van der Waals surface area contributed by atoms with E-state index in [1.807, 2.05) is 50.2 Å². The molecule has 1 aromatic carbocycles. The first-order valence-electron chi connectivity index (χ1n) is 6.51. The molecule has 2 N–H and O–H groups in total. The third-order valence-corrected chi connectivity index (χ3v) is 3.24. The third-order valence-electron chi connectivity index (χ3n) is 3.24. The zero-order chi connectivity index (χ0) is 14.5. The molecule has 4 heteroatoms. The van der Waals surface area contributed by atoms with Gasteiger partial charge in [0.25, 0.3) is 0 Å². The van der Waals surface area contributed by atoms with Crippen LogP contribution in [0.15, 0.2) is 42.6 Å². The van der Waals surface area contributed by atoms with Crippen LogP contribution in [0.2, 0.25) is 0 Å². The number of carboxylic acids is 1. The summed E-state index contributed by atoms with van der Waals surface area (Å²) in [4.78, 5) is 15.6. The molecule has 0 spiro atoms. The molecule has 4 nitrogen and oxygen atoms in total. The highest BCUT2D eigenvalue weighted by molar-refractivity contribution is 5.75. The molecule has 0 fully saturated rings. The van der Waals surface area contributed by atoms with Crippen LogP contribution in [-0.2, 0) is 11.3 Å². The van der Waals surface area contributed by atoms with E-state index in [0.29, 0.717) is 6.54 Å². The van der Waals surface area contributed by atoms with Crippen molar-refractivity contribution in [2.24, 2.45) is 0 Å². The molecule has 104 valence electrons. The van der Waals surface area contributed by atoms with Crippen molar-refractivity contribution in [3.05, 3.63) is 65.0 Å². The number of aliphatic carboxylic acids is 1. The van der Waals surface area contributed by atoms with Crippen LogP contribution in [0.1, 0.15) is 28.4 Å². The maximum absolute atomic E-state index is 11.4. The van der Waals surface area contributed by atoms with Gasteiger partial charge in [0, 0.05) is 18.4 Å². The molecular weight excluding hydrogens is 252 g/mol. The molecule has 2 rings (SSSR count). The van der Waals surface area contributed by atoms with Crippen LogP contribution in [-0.4, -0.2) is 16.1 Å². The largest absolute Gasteiger partial charge is 0.480 e. The summed E-state index contributed by atoms with van der Waals surface area (Å²) in [5, 5.41) is 12.5. The molecule has 0 amide bonds. The van der Waals surface area contributed by atoms with E-state index in [9.17, 15) is 9.90 Å². The minimum Gasteiger partial charge on any atom is -0.480 e. The molecule has 0 saturated carbocycles. The van der Waals surface area contributed by atoms with E-state index in [1.54, 1.807) is 6.20 Å². The van der Waals surface area contributed by atoms with Gasteiger partial charge in [0.2, 0.25) is 0 Å². The van der Waals surface area contributed by atoms with E-state index in [1.165, 1.54) is 0 Å². The van der Waals surface area contributed by atoms with E-state index >= 15 is 0 Å². The van der Waals surface area contributed by atoms with Crippen molar-refractivity contribution in [1.82, 2.24) is 10.3 Å². The lowest BCUT2D eigenvalue weighted by Crippen LogP contribution is -2.28. The number of rotatable bonds is 5. The van der Waals surface area contributed by atoms with E-state index in [0.717, 1.165) is 22.4 Å². The molecular formula is C16H18N2O2. The summed E-state index contributed by atoms with van der Waals surface area (Å²) in [6.45, 7) is 4.34. The molecule has 0 saturated heterocycles. The third kappa shape index (κ3) is 3.42. The first-order chi connectivity index (χ1) is 9.58. The lowest BCUT2D eigenvalue weighted by atomic mass is 10.0. The second-order valence-electron chi connectivity index (χ2n) is 4.81. The Morgan fingerprint density at radius 3 is 2.75 bits per heavy atom. The number of nitrogens with zero attached hydrogens (tertiary/aromatic N) is 1. The molecule has 0 radical (unpaired) electrons. The van der Waals surface area contributed by atoms with Gasteiger partial charge in [0.15, 0.2) is 0 Å². The van der Waals surface area contributed by atoms with E-state index in [2.05, 4.69) is 10.3 Å². The van der Waals surface area contributed by atoms with Crippen molar-refractivity contribution in [1.29, 1.82) is 0 Å². The van der Waals surface area contributed by atoms with Crippen LogP contribution in [0.5, 0.6) is 0 Å². The van der Waals surface area contributed by atoms with Gasteiger partial charge in [-0.15, -0.1) is 0 Å². The van der Waals surface area contributed by atoms with Crippen molar-refractivity contribution in [2.75, 3.05) is 0 Å². The molecule has 1 heterocycles. The van der Waals surface area contributed by atoms with Gasteiger partial charge in [-0.3, -0.25) is 15.1 Å². The van der Waals surface area contributed by atoms with Crippen LogP contribution in [0.4, 0.5) is 0 Å². The summed E-state index contributed by atoms with van der Waals surface area (Å²) in [5.74, 6) is -0.878. The number of pyridine rings is 1. The molecule has 20 heavy (non-hydrogen) atoms. The standard InChI is InChI=1S/C16H18N2O2/c1-11-5-3-6-13(9-11)15(16(19)20)18-10-14-7-4-8-17-12(14)2/h3-9,15,18H,10H2,1-2H3,(H,19,20). The number of aryl methyl sites for hydroxylation is 2. The Morgan fingerprint density at radius 2 is 2.10 bits per heavy atom. The highest BCUT2D eigenvalue weighted by Crippen LogP contribution is 2.16. The number of nitrogens with one attached hydrogen (secondary N) is 1. The fraction of sp³-hybridized carbons (Fsp3) is 0.250. The Morgan fingerprint density at radius 1 is 1.30 bits per heavy atom. The topological polar surface area (TPSA) is 62.2 Å². The van der Waals surface area contributed by atoms with Gasteiger partial charge in [-0.25, -0.2) is 0 Å². The van der Waals surface area contributed by atoms with E-state index in [-0.39, 0.29) is 0 Å². The molecule has 0 bridgehead atoms. The van der Waals surface area contributed by atoms with Crippen LogP contribution in [0.25, 0.3) is 0 Å². The normalized spacial score (nSPS) is 12.1. The second-order valence-corrected chi connectivity index (χ2v) is 4.81. The number of carbonyl (C=O) groups is 1. The Labute approximate surface area is 118 Å². The van der Waals surface area contributed by atoms with Crippen LogP contribution < -0.4 is 5.32 Å². The minimum atomic E-state index is -0.878. The van der Waals surface area contributed by atoms with Crippen molar-refractivity contribution in [3.63, 3.8) is 0 Å². The van der Waals surface area contributed by atoms with Crippen LogP contribution >= 0.6 is 0 Å². The average molecular weight is 270 g/mol. The predicted molar refractivity (Wildman–Crippen MR) is 77.4 cm³/mol. The first-order valence-corrected chi connectivity index (χ1v) is 6.51. The Balaban J connectivity index is 2.15. The first kappa shape index (κ1) is 14.2. The smallest absolute Gasteiger partial charge is 0.325 e. The fourth-order valence-corrected chi connectivity index (χ4v) is 2.11. The van der Waals surface area contributed by atoms with E-state index in [4.69, 9.17) is 0 Å². The zero-order valence-corrected chi connectivity index (χ0v) is 11.6. The van der Waals surface area contributed by atoms with Crippen molar-refractivity contribution in [2.45, 2.75) is 26.4 Å². The lowest BCUT2D eigenvalue weighted by Gasteiger charge is -2.16. The van der Waals surface area contributed by atoms with Gasteiger partial charge >= 0.3 is 5.97 Å². The van der Waals surface area contributed by atoms with E-state index < -0.39 is 12.0 Å². The molecule has 0 aliphatic carbocycles. The molecule has 2 aromatic rings. The van der Waals surface area contributed by atoms with Gasteiger partial charge in [0.05, 0.1) is 0 Å². The summed E-state index contributed by atoms with van der Waals surface area (Å²) in [7, 11) is 0. The molecule has 1 atom stereocenters. The monoisotopic (exact) mass is 270 g/mol. The van der Waals surface area contributed by atoms with Crippen molar-refractivity contribution < 1.29 is 9.90 Å². The predicted octanol–water partition coefficient (Wildman–Crippen LogP) is 2.61. The summed E-state index contributed by atoms with van der Waals surface area (Å²) in [6, 6.07) is 10.6. The highest BCUT2D eigenvalue weighted by atomic mass is 16.4. The fourth-order valence-electron chi connectivity index (χ4n) is 2.11. The SMILES string of the molecule is Cc1cccc(C(NCc2cccnc2C)C(=O)O)c1. The van der Waals surface area contributed by atoms with Crippen molar-refractivity contribution in [3.8, 4) is 0 Å². The van der Waals surface area contributed by atoms with Gasteiger partial charge in [-0.2, -0.15) is 0 Å². The highest BCUT2D eigenvalue weighted by Gasteiger charge is 2.19. The maximum Gasteiger partial charge on any atom is 0.325 e. The molecule has 0 aliphatic rings. The molecule has 1 unspecified atom stereocenters. The Hall–Kier alpha value is -2.20. The van der Waals surface area contributed by atoms with Gasteiger partial charge in [-0.05, 0) is 31.0 Å². The van der Waals surface area contributed by atoms with Gasteiger partial charge in [-0.1, -0.05) is 35.9 Å². The number of carboxylic acid groups (broad SMARTS) is 1. The zero-order valence-electron chi connectivity index (χ0n) is 11.6. The lowest BCUT2D eigenvalue weighted by molar-refractivity contribution is -0.139. The van der Waals surface area contributed by atoms with Crippen LogP contribution in [0.3, 0.4) is 0 Å². The summed E-state index contributed by atoms with van der Waals surface area (Å²) < 4.78 is 0. The number of aromatic nitrogens is 1. The molecule has 1 aromatic heterocycles. The van der Waals surface area contributed by atoms with Gasteiger partial charge in [0.1, 0.15) is 6.04 Å². The summed E-state index contributed by atoms with van der Waals surface area (Å²) in [5.41, 5.74) is 3.73. The minimum absolute atomic E-state index is 0.477. The number of hydrogen-bond donors (Lipinski definition) is 2. The molecule has 0 aliphatic heterocycles. The summed E-state index contributed by atoms with van der Waals surface area (Å²) in [6.07, 6.45) is 1.73. The number of hydrogen-bond acceptors (Lipinski definition) is 3. The number of benzene rings is 1. The maximum atomic E-state index is 11.4. The second kappa shape index (κ2) is 6.30. The van der Waals surface area contributed by atoms with Crippen LogP contribution in [0, 0.1) is 13.8 Å². The Bertz CT molecular complexity index is 611.